The van der Waals surface area contributed by atoms with Gasteiger partial charge in [-0.15, -0.1) is 0 Å². The Hall–Kier alpha value is -0.350. The van der Waals surface area contributed by atoms with Crippen LogP contribution >= 0.6 is 12.2 Å². The van der Waals surface area contributed by atoms with Gasteiger partial charge < -0.3 is 10.7 Å². The van der Waals surface area contributed by atoms with Crippen LogP contribution in [0.2, 0.25) is 0 Å². The van der Waals surface area contributed by atoms with Gasteiger partial charge in [-0.25, -0.2) is 5.84 Å². The Bertz CT molecular complexity index is 143. The first-order valence-electron chi connectivity index (χ1n) is 3.96. The van der Waals surface area contributed by atoms with E-state index in [0.29, 0.717) is 5.11 Å². The smallest absolute Gasteiger partial charge is 0.180 e. The minimum absolute atomic E-state index is 0.546. The molecule has 0 aromatic heterocycles. The van der Waals surface area contributed by atoms with Crippen LogP contribution in [0.25, 0.3) is 0 Å². The Labute approximate surface area is 72.7 Å². The molecule has 4 N–H and O–H groups in total. The van der Waals surface area contributed by atoms with Crippen LogP contribution in [-0.2, 0) is 0 Å². The average Bonchev–Trinajstić information content (AvgIpc) is 1.95. The molecule has 1 aliphatic carbocycles. The van der Waals surface area contributed by atoms with Crippen LogP contribution in [0.5, 0.6) is 0 Å². The van der Waals surface area contributed by atoms with Crippen LogP contribution in [-0.4, -0.2) is 11.7 Å². The van der Waals surface area contributed by atoms with Gasteiger partial charge in [-0.3, -0.25) is 0 Å². The van der Waals surface area contributed by atoms with Crippen LogP contribution < -0.4 is 16.6 Å². The van der Waals surface area contributed by atoms with E-state index in [9.17, 15) is 0 Å². The summed E-state index contributed by atoms with van der Waals surface area (Å²) in [5.74, 6) is 6.80. The van der Waals surface area contributed by atoms with Gasteiger partial charge in [0, 0.05) is 6.54 Å². The highest BCUT2D eigenvalue weighted by Crippen LogP contribution is 2.32. The Kier molecular flexibility index (Phi) is 3.08. The first-order chi connectivity index (χ1) is 5.22. The van der Waals surface area contributed by atoms with E-state index in [-0.39, 0.29) is 0 Å². The Morgan fingerprint density at radius 3 is 2.73 bits per heavy atom. The van der Waals surface area contributed by atoms with Gasteiger partial charge in [0.1, 0.15) is 0 Å². The van der Waals surface area contributed by atoms with Crippen molar-refractivity contribution in [2.24, 2.45) is 17.7 Å². The van der Waals surface area contributed by atoms with Gasteiger partial charge in [-0.05, 0) is 36.9 Å². The largest absolute Gasteiger partial charge is 0.361 e. The molecular formula is C7H15N3S. The SMILES string of the molecule is CC1CC(CNC(=S)NN)C1. The van der Waals surface area contributed by atoms with E-state index >= 15 is 0 Å². The third-order valence-corrected chi connectivity index (χ3v) is 2.42. The molecule has 1 fully saturated rings. The molecule has 0 aromatic rings. The zero-order valence-electron chi connectivity index (χ0n) is 6.76. The molecule has 0 heterocycles. The lowest BCUT2D eigenvalue weighted by molar-refractivity contribution is 0.214. The number of rotatable bonds is 2. The van der Waals surface area contributed by atoms with Crippen molar-refractivity contribution in [2.75, 3.05) is 6.54 Å². The number of nitrogens with one attached hydrogen (secondary N) is 2. The summed E-state index contributed by atoms with van der Waals surface area (Å²) in [6.07, 6.45) is 2.64. The molecule has 0 saturated heterocycles. The van der Waals surface area contributed by atoms with Gasteiger partial charge in [0.25, 0.3) is 0 Å². The van der Waals surface area contributed by atoms with Crippen LogP contribution in [0.4, 0.5) is 0 Å². The predicted molar refractivity (Wildman–Crippen MR) is 49.8 cm³/mol. The number of thiocarbonyl (C=S) groups is 1. The molecule has 0 amide bonds. The molecule has 11 heavy (non-hydrogen) atoms. The van der Waals surface area contributed by atoms with Crippen molar-refractivity contribution in [2.45, 2.75) is 19.8 Å². The maximum Gasteiger partial charge on any atom is 0.180 e. The number of nitrogens with two attached hydrogens (primary N) is 1. The molecule has 0 atom stereocenters. The molecule has 1 aliphatic rings. The van der Waals surface area contributed by atoms with E-state index in [1.807, 2.05) is 0 Å². The lowest BCUT2D eigenvalue weighted by Gasteiger charge is -2.32. The second kappa shape index (κ2) is 3.88. The minimum Gasteiger partial charge on any atom is -0.361 e. The predicted octanol–water partition coefficient (Wildman–Crippen LogP) is 0.370. The van der Waals surface area contributed by atoms with E-state index in [1.54, 1.807) is 0 Å². The van der Waals surface area contributed by atoms with Gasteiger partial charge in [-0.1, -0.05) is 6.92 Å². The number of hydrogen-bond acceptors (Lipinski definition) is 2. The summed E-state index contributed by atoms with van der Waals surface area (Å²) in [4.78, 5) is 0. The van der Waals surface area contributed by atoms with E-state index < -0.39 is 0 Å². The molecule has 0 bridgehead atoms. The summed E-state index contributed by atoms with van der Waals surface area (Å²) in [7, 11) is 0. The third kappa shape index (κ3) is 2.63. The van der Waals surface area contributed by atoms with Gasteiger partial charge in [-0.2, -0.15) is 0 Å². The monoisotopic (exact) mass is 173 g/mol. The Balaban J connectivity index is 2.00. The van der Waals surface area contributed by atoms with E-state index in [2.05, 4.69) is 17.7 Å². The van der Waals surface area contributed by atoms with Crippen LogP contribution in [0, 0.1) is 11.8 Å². The van der Waals surface area contributed by atoms with Crippen LogP contribution in [0.15, 0.2) is 0 Å². The van der Waals surface area contributed by atoms with Crippen molar-refractivity contribution in [1.82, 2.24) is 10.7 Å². The van der Waals surface area contributed by atoms with Crippen molar-refractivity contribution in [1.29, 1.82) is 0 Å². The van der Waals surface area contributed by atoms with Crippen molar-refractivity contribution in [3.8, 4) is 0 Å². The molecule has 0 unspecified atom stereocenters. The Morgan fingerprint density at radius 1 is 1.64 bits per heavy atom. The summed E-state index contributed by atoms with van der Waals surface area (Å²) >= 11 is 4.83. The lowest BCUT2D eigenvalue weighted by Crippen LogP contribution is -2.43. The summed E-state index contributed by atoms with van der Waals surface area (Å²) < 4.78 is 0. The second-order valence-electron chi connectivity index (χ2n) is 3.30. The first kappa shape index (κ1) is 8.74. The highest BCUT2D eigenvalue weighted by molar-refractivity contribution is 7.80. The number of hydrazine groups is 1. The molecule has 4 heteroatoms. The maximum absolute atomic E-state index is 5.09. The summed E-state index contributed by atoms with van der Waals surface area (Å²) in [6.45, 7) is 3.24. The van der Waals surface area contributed by atoms with Gasteiger partial charge in [0.2, 0.25) is 0 Å². The zero-order valence-corrected chi connectivity index (χ0v) is 7.58. The molecular weight excluding hydrogens is 158 g/mol. The van der Waals surface area contributed by atoms with Gasteiger partial charge in [0.15, 0.2) is 5.11 Å². The number of hydrogen-bond donors (Lipinski definition) is 3. The van der Waals surface area contributed by atoms with Gasteiger partial charge >= 0.3 is 0 Å². The Morgan fingerprint density at radius 2 is 2.27 bits per heavy atom. The quantitative estimate of drug-likeness (QED) is 0.321. The molecule has 0 radical (unpaired) electrons. The maximum atomic E-state index is 5.09. The van der Waals surface area contributed by atoms with E-state index in [4.69, 9.17) is 18.1 Å². The average molecular weight is 173 g/mol. The van der Waals surface area contributed by atoms with Crippen molar-refractivity contribution < 1.29 is 0 Å². The summed E-state index contributed by atoms with van der Waals surface area (Å²) in [5.41, 5.74) is 2.40. The molecule has 1 rings (SSSR count). The third-order valence-electron chi connectivity index (χ3n) is 2.15. The topological polar surface area (TPSA) is 50.1 Å². The molecule has 0 aliphatic heterocycles. The molecule has 0 aromatic carbocycles. The van der Waals surface area contributed by atoms with Crippen LogP contribution in [0.1, 0.15) is 19.8 Å². The minimum atomic E-state index is 0.546. The highest BCUT2D eigenvalue weighted by Gasteiger charge is 2.24. The fourth-order valence-corrected chi connectivity index (χ4v) is 1.61. The fourth-order valence-electron chi connectivity index (χ4n) is 1.52. The highest BCUT2D eigenvalue weighted by atomic mass is 32.1. The molecule has 3 nitrogen and oxygen atoms in total. The normalized spacial score (nSPS) is 28.9. The fraction of sp³-hybridized carbons (Fsp3) is 0.857. The van der Waals surface area contributed by atoms with E-state index in [1.165, 1.54) is 12.8 Å². The van der Waals surface area contributed by atoms with Crippen molar-refractivity contribution >= 4 is 17.3 Å². The van der Waals surface area contributed by atoms with Crippen LogP contribution in [0.3, 0.4) is 0 Å². The standard InChI is InChI=1S/C7H15N3S/c1-5-2-6(3-5)4-9-7(11)10-8/h5-6H,2-4,8H2,1H3,(H2,9,10,11). The lowest BCUT2D eigenvalue weighted by atomic mass is 9.76. The summed E-state index contributed by atoms with van der Waals surface area (Å²) in [6, 6.07) is 0. The molecule has 1 saturated carbocycles. The van der Waals surface area contributed by atoms with Gasteiger partial charge in [0.05, 0.1) is 0 Å². The van der Waals surface area contributed by atoms with Crippen molar-refractivity contribution in [3.05, 3.63) is 0 Å². The second-order valence-corrected chi connectivity index (χ2v) is 3.71. The van der Waals surface area contributed by atoms with Crippen molar-refractivity contribution in [3.63, 3.8) is 0 Å². The zero-order chi connectivity index (χ0) is 8.27. The first-order valence-corrected chi connectivity index (χ1v) is 4.37. The molecule has 64 valence electrons. The summed E-state index contributed by atoms with van der Waals surface area (Å²) in [5, 5.41) is 3.60. The van der Waals surface area contributed by atoms with E-state index in [0.717, 1.165) is 18.4 Å². The molecule has 0 spiro atoms.